The summed E-state index contributed by atoms with van der Waals surface area (Å²) in [5.74, 6) is -0.858. The number of anilines is 1. The largest absolute Gasteiger partial charge is 0.506 e. The number of nitrogens with zero attached hydrogens (tertiary/aromatic N) is 1. The topological polar surface area (TPSA) is 79.4 Å². The van der Waals surface area contributed by atoms with Crippen molar-refractivity contribution in [2.45, 2.75) is 13.0 Å². The lowest BCUT2D eigenvalue weighted by atomic mass is 10.1. The van der Waals surface area contributed by atoms with E-state index in [0.29, 0.717) is 0 Å². The van der Waals surface area contributed by atoms with Gasteiger partial charge in [0.1, 0.15) is 11.6 Å². The summed E-state index contributed by atoms with van der Waals surface area (Å²) in [6.45, 7) is -0.674. The summed E-state index contributed by atoms with van der Waals surface area (Å²) in [5, 5.41) is 17.7. The van der Waals surface area contributed by atoms with Gasteiger partial charge >= 0.3 is 0 Å². The second-order valence-corrected chi connectivity index (χ2v) is 2.38. The van der Waals surface area contributed by atoms with E-state index < -0.39 is 24.3 Å². The Labute approximate surface area is 72.6 Å². The lowest BCUT2D eigenvalue weighted by Gasteiger charge is -2.09. The quantitative estimate of drug-likeness (QED) is 0.644. The third kappa shape index (κ3) is 1.67. The van der Waals surface area contributed by atoms with Crippen molar-refractivity contribution in [3.05, 3.63) is 17.3 Å². The number of rotatable bonds is 2. The molecule has 0 aliphatic heterocycles. The van der Waals surface area contributed by atoms with E-state index in [4.69, 9.17) is 15.9 Å². The maximum atomic E-state index is 12.3. The normalized spacial score (nSPS) is 10.8. The smallest absolute Gasteiger partial charge is 0.267 e. The Morgan fingerprint density at radius 2 is 2.15 bits per heavy atom. The first-order valence-corrected chi connectivity index (χ1v) is 3.43. The fourth-order valence-electron chi connectivity index (χ4n) is 0.980. The van der Waals surface area contributed by atoms with Gasteiger partial charge in [-0.3, -0.25) is 0 Å². The average molecular weight is 190 g/mol. The van der Waals surface area contributed by atoms with Crippen molar-refractivity contribution in [1.82, 2.24) is 4.98 Å². The molecule has 4 N–H and O–H groups in total. The number of hydrogen-bond acceptors (Lipinski definition) is 4. The first-order valence-electron chi connectivity index (χ1n) is 3.43. The highest BCUT2D eigenvalue weighted by atomic mass is 19.3. The lowest BCUT2D eigenvalue weighted by Crippen LogP contribution is -2.03. The Hall–Kier alpha value is -1.43. The molecule has 72 valence electrons. The molecule has 0 saturated carbocycles. The average Bonchev–Trinajstić information content (AvgIpc) is 2.07. The zero-order valence-electron chi connectivity index (χ0n) is 6.54. The van der Waals surface area contributed by atoms with Crippen molar-refractivity contribution in [3.8, 4) is 5.75 Å². The van der Waals surface area contributed by atoms with Crippen LogP contribution in [0.25, 0.3) is 0 Å². The van der Waals surface area contributed by atoms with Gasteiger partial charge in [0, 0.05) is 5.56 Å². The van der Waals surface area contributed by atoms with Crippen molar-refractivity contribution in [3.63, 3.8) is 0 Å². The molecule has 6 heteroatoms. The number of alkyl halides is 2. The molecule has 13 heavy (non-hydrogen) atoms. The summed E-state index contributed by atoms with van der Waals surface area (Å²) in [7, 11) is 0. The van der Waals surface area contributed by atoms with Crippen molar-refractivity contribution < 1.29 is 19.0 Å². The first kappa shape index (κ1) is 9.66. The lowest BCUT2D eigenvalue weighted by molar-refractivity contribution is 0.143. The molecule has 0 aromatic carbocycles. The Balaban J connectivity index is 3.35. The maximum Gasteiger partial charge on any atom is 0.267 e. The van der Waals surface area contributed by atoms with E-state index in [-0.39, 0.29) is 11.4 Å². The van der Waals surface area contributed by atoms with E-state index in [1.807, 2.05) is 0 Å². The molecule has 0 saturated heterocycles. The van der Waals surface area contributed by atoms with Crippen LogP contribution in [0.1, 0.15) is 17.6 Å². The van der Waals surface area contributed by atoms with E-state index in [9.17, 15) is 8.78 Å². The van der Waals surface area contributed by atoms with Crippen LogP contribution in [0, 0.1) is 0 Å². The molecule has 0 fully saturated rings. The molecule has 1 heterocycles. The summed E-state index contributed by atoms with van der Waals surface area (Å²) in [6.07, 6.45) is -2.05. The molecule has 0 radical (unpaired) electrons. The number of hydrogen-bond donors (Lipinski definition) is 3. The number of nitrogens with two attached hydrogens (primary N) is 1. The number of nitrogen functional groups attached to an aromatic ring is 1. The van der Waals surface area contributed by atoms with Gasteiger partial charge < -0.3 is 15.9 Å². The van der Waals surface area contributed by atoms with Crippen LogP contribution in [0.5, 0.6) is 5.75 Å². The van der Waals surface area contributed by atoms with Crippen molar-refractivity contribution in [1.29, 1.82) is 0 Å². The SMILES string of the molecule is Nc1ncc(O)c(C(F)F)c1CO. The van der Waals surface area contributed by atoms with Gasteiger partial charge in [-0.25, -0.2) is 13.8 Å². The van der Waals surface area contributed by atoms with Crippen molar-refractivity contribution in [2.24, 2.45) is 0 Å². The van der Waals surface area contributed by atoms with E-state index in [1.165, 1.54) is 0 Å². The Bertz CT molecular complexity index is 318. The number of aliphatic hydroxyl groups excluding tert-OH is 1. The van der Waals surface area contributed by atoms with Crippen LogP contribution >= 0.6 is 0 Å². The molecule has 0 bridgehead atoms. The highest BCUT2D eigenvalue weighted by Crippen LogP contribution is 2.32. The van der Waals surface area contributed by atoms with Gasteiger partial charge in [-0.1, -0.05) is 0 Å². The second-order valence-electron chi connectivity index (χ2n) is 2.38. The number of aromatic nitrogens is 1. The number of aromatic hydroxyl groups is 1. The third-order valence-electron chi connectivity index (χ3n) is 1.61. The minimum atomic E-state index is -2.88. The van der Waals surface area contributed by atoms with Crippen LogP contribution in [0.4, 0.5) is 14.6 Å². The number of halogens is 2. The van der Waals surface area contributed by atoms with Crippen molar-refractivity contribution in [2.75, 3.05) is 5.73 Å². The van der Waals surface area contributed by atoms with Crippen LogP contribution in [0.2, 0.25) is 0 Å². The summed E-state index contributed by atoms with van der Waals surface area (Å²) in [4.78, 5) is 3.43. The predicted octanol–water partition coefficient (Wildman–Crippen LogP) is 0.799. The van der Waals surface area contributed by atoms with Gasteiger partial charge in [0.25, 0.3) is 6.43 Å². The zero-order valence-corrected chi connectivity index (χ0v) is 6.54. The minimum absolute atomic E-state index is 0.199. The molecule has 0 atom stereocenters. The minimum Gasteiger partial charge on any atom is -0.506 e. The van der Waals surface area contributed by atoms with Crippen LogP contribution in [-0.4, -0.2) is 15.2 Å². The van der Waals surface area contributed by atoms with Crippen LogP contribution in [0.3, 0.4) is 0 Å². The molecule has 4 nitrogen and oxygen atoms in total. The third-order valence-corrected chi connectivity index (χ3v) is 1.61. The first-order chi connectivity index (χ1) is 6.07. The number of pyridine rings is 1. The second kappa shape index (κ2) is 3.53. The van der Waals surface area contributed by atoms with Gasteiger partial charge in [0.2, 0.25) is 0 Å². The standard InChI is InChI=1S/C7H8F2N2O2/c8-6(9)5-3(2-12)7(10)11-1-4(5)13/h1,6,12-13H,2H2,(H2,10,11). The van der Waals surface area contributed by atoms with E-state index in [0.717, 1.165) is 6.20 Å². The molecule has 0 spiro atoms. The Morgan fingerprint density at radius 3 is 2.54 bits per heavy atom. The molecule has 0 amide bonds. The fourth-order valence-corrected chi connectivity index (χ4v) is 0.980. The Morgan fingerprint density at radius 1 is 1.54 bits per heavy atom. The van der Waals surface area contributed by atoms with Gasteiger partial charge in [0.05, 0.1) is 18.4 Å². The summed E-state index contributed by atoms with van der Waals surface area (Å²) in [5.41, 5.74) is 4.34. The highest BCUT2D eigenvalue weighted by molar-refractivity contribution is 5.50. The summed E-state index contributed by atoms with van der Waals surface area (Å²) in [6, 6.07) is 0. The van der Waals surface area contributed by atoms with E-state index in [2.05, 4.69) is 4.98 Å². The molecule has 0 aliphatic rings. The Kier molecular flexibility index (Phi) is 2.62. The van der Waals surface area contributed by atoms with Gasteiger partial charge in [-0.05, 0) is 0 Å². The van der Waals surface area contributed by atoms with Crippen LogP contribution in [-0.2, 0) is 6.61 Å². The molecule has 1 rings (SSSR count). The molecule has 1 aromatic rings. The van der Waals surface area contributed by atoms with Gasteiger partial charge in [-0.2, -0.15) is 0 Å². The summed E-state index contributed by atoms with van der Waals surface area (Å²) >= 11 is 0. The van der Waals surface area contributed by atoms with E-state index in [1.54, 1.807) is 0 Å². The fraction of sp³-hybridized carbons (Fsp3) is 0.286. The highest BCUT2D eigenvalue weighted by Gasteiger charge is 2.20. The molecule has 0 aliphatic carbocycles. The van der Waals surface area contributed by atoms with Gasteiger partial charge in [0.15, 0.2) is 0 Å². The molecular formula is C7H8F2N2O2. The summed E-state index contributed by atoms with van der Waals surface area (Å²) < 4.78 is 24.6. The van der Waals surface area contributed by atoms with E-state index >= 15 is 0 Å². The predicted molar refractivity (Wildman–Crippen MR) is 41.2 cm³/mol. The van der Waals surface area contributed by atoms with Gasteiger partial charge in [-0.15, -0.1) is 0 Å². The van der Waals surface area contributed by atoms with Crippen LogP contribution < -0.4 is 5.73 Å². The monoisotopic (exact) mass is 190 g/mol. The van der Waals surface area contributed by atoms with Crippen molar-refractivity contribution >= 4 is 5.82 Å². The maximum absolute atomic E-state index is 12.3. The molecular weight excluding hydrogens is 182 g/mol. The molecule has 0 unspecified atom stereocenters. The zero-order chi connectivity index (χ0) is 10.0. The molecule has 1 aromatic heterocycles. The van der Waals surface area contributed by atoms with Crippen LogP contribution in [0.15, 0.2) is 6.20 Å². The number of aliphatic hydroxyl groups is 1.